The normalized spacial score (nSPS) is 22.3. The van der Waals surface area contributed by atoms with Crippen LogP contribution in [0.25, 0.3) is 16.7 Å². The Balaban J connectivity index is 1.38. The summed E-state index contributed by atoms with van der Waals surface area (Å²) >= 11 is 0. The van der Waals surface area contributed by atoms with Crippen LogP contribution in [0, 0.1) is 11.8 Å². The average molecular weight is 400 g/mol. The molecule has 0 bridgehead atoms. The first-order chi connectivity index (χ1) is 14.7. The Bertz CT molecular complexity index is 1250. The number of ether oxygens (including phenoxy) is 1. The van der Waals surface area contributed by atoms with E-state index in [1.54, 1.807) is 19.5 Å². The topological polar surface area (TPSA) is 88.9 Å². The highest BCUT2D eigenvalue weighted by Gasteiger charge is 2.55. The number of rotatable bonds is 4. The van der Waals surface area contributed by atoms with Crippen LogP contribution in [0.3, 0.4) is 0 Å². The zero-order valence-corrected chi connectivity index (χ0v) is 16.4. The van der Waals surface area contributed by atoms with Crippen molar-refractivity contribution in [2.45, 2.75) is 12.5 Å². The highest BCUT2D eigenvalue weighted by Crippen LogP contribution is 2.56. The lowest BCUT2D eigenvalue weighted by atomic mass is 10.1. The maximum Gasteiger partial charge on any atom is 0.256 e. The number of carbonyl (C=O) groups is 1. The van der Waals surface area contributed by atoms with Crippen LogP contribution in [0.4, 0.5) is 0 Å². The van der Waals surface area contributed by atoms with E-state index in [2.05, 4.69) is 15.2 Å². The molecule has 150 valence electrons. The number of likely N-dealkylation sites (tertiary alicyclic amines) is 1. The fourth-order valence-corrected chi connectivity index (χ4v) is 4.62. The van der Waals surface area contributed by atoms with Crippen LogP contribution in [0.1, 0.15) is 28.6 Å². The second kappa shape index (κ2) is 6.41. The highest BCUT2D eigenvalue weighted by molar-refractivity contribution is 5.98. The van der Waals surface area contributed by atoms with Gasteiger partial charge in [-0.25, -0.2) is 4.98 Å². The lowest BCUT2D eigenvalue weighted by Crippen LogP contribution is -2.34. The lowest BCUT2D eigenvalue weighted by Gasteiger charge is -2.27. The van der Waals surface area contributed by atoms with Gasteiger partial charge >= 0.3 is 0 Å². The fourth-order valence-electron chi connectivity index (χ4n) is 4.62. The van der Waals surface area contributed by atoms with Crippen LogP contribution in [-0.4, -0.2) is 49.4 Å². The number of hydrogen-bond donors (Lipinski definition) is 1. The number of H-pyrrole nitrogens is 1. The van der Waals surface area contributed by atoms with E-state index in [1.807, 2.05) is 47.4 Å². The Morgan fingerprint density at radius 2 is 2.00 bits per heavy atom. The van der Waals surface area contributed by atoms with E-state index in [9.17, 15) is 4.79 Å². The molecule has 2 aromatic carbocycles. The van der Waals surface area contributed by atoms with Crippen molar-refractivity contribution in [3.63, 3.8) is 0 Å². The number of nitrogens with zero attached hydrogens (tertiary/aromatic N) is 5. The van der Waals surface area contributed by atoms with Gasteiger partial charge in [0.15, 0.2) is 0 Å². The third-order valence-electron chi connectivity index (χ3n) is 6.17. The monoisotopic (exact) mass is 400 g/mol. The smallest absolute Gasteiger partial charge is 0.256 e. The van der Waals surface area contributed by atoms with Crippen LogP contribution < -0.4 is 4.74 Å². The van der Waals surface area contributed by atoms with Crippen LogP contribution in [-0.2, 0) is 0 Å². The first-order valence-electron chi connectivity index (χ1n) is 10.0. The van der Waals surface area contributed by atoms with Crippen molar-refractivity contribution in [2.75, 3.05) is 13.7 Å². The molecule has 2 aliphatic rings. The number of aromatic nitrogens is 5. The zero-order valence-electron chi connectivity index (χ0n) is 16.4. The molecular weight excluding hydrogens is 380 g/mol. The minimum atomic E-state index is -0.0560. The van der Waals surface area contributed by atoms with Crippen molar-refractivity contribution in [2.24, 2.45) is 11.8 Å². The van der Waals surface area contributed by atoms with Crippen molar-refractivity contribution in [1.82, 2.24) is 29.9 Å². The number of imidazole rings is 1. The summed E-state index contributed by atoms with van der Waals surface area (Å²) in [7, 11) is 1.65. The molecule has 1 saturated carbocycles. The summed E-state index contributed by atoms with van der Waals surface area (Å²) in [6.07, 6.45) is 4.35. The largest absolute Gasteiger partial charge is 0.497 e. The van der Waals surface area contributed by atoms with Gasteiger partial charge in [-0.2, -0.15) is 15.0 Å². The van der Waals surface area contributed by atoms with Gasteiger partial charge in [0.25, 0.3) is 5.91 Å². The molecule has 8 nitrogen and oxygen atoms in total. The molecule has 8 heteroatoms. The van der Waals surface area contributed by atoms with Gasteiger partial charge in [0.1, 0.15) is 11.6 Å². The minimum Gasteiger partial charge on any atom is -0.497 e. The van der Waals surface area contributed by atoms with Gasteiger partial charge in [-0.1, -0.05) is 12.1 Å². The Morgan fingerprint density at radius 1 is 1.17 bits per heavy atom. The predicted molar refractivity (Wildman–Crippen MR) is 109 cm³/mol. The van der Waals surface area contributed by atoms with Gasteiger partial charge in [-0.3, -0.25) is 4.79 Å². The molecule has 6 rings (SSSR count). The molecule has 1 N–H and O–H groups in total. The summed E-state index contributed by atoms with van der Waals surface area (Å²) in [6.45, 7) is 0.745. The first-order valence-corrected chi connectivity index (χ1v) is 10.0. The third kappa shape index (κ3) is 2.60. The molecule has 1 aliphatic heterocycles. The van der Waals surface area contributed by atoms with Crippen molar-refractivity contribution < 1.29 is 9.53 Å². The molecule has 2 fully saturated rings. The van der Waals surface area contributed by atoms with E-state index in [-0.39, 0.29) is 11.9 Å². The molecule has 1 aliphatic carbocycles. The van der Waals surface area contributed by atoms with Gasteiger partial charge < -0.3 is 14.6 Å². The number of benzene rings is 2. The van der Waals surface area contributed by atoms with E-state index < -0.39 is 0 Å². The number of aromatic amines is 1. The zero-order chi connectivity index (χ0) is 20.2. The number of hydrogen-bond acceptors (Lipinski definition) is 5. The number of methoxy groups -OCH3 is 1. The Morgan fingerprint density at radius 3 is 2.83 bits per heavy atom. The summed E-state index contributed by atoms with van der Waals surface area (Å²) in [5.74, 6) is 2.58. The number of nitrogens with one attached hydrogen (secondary N) is 1. The first kappa shape index (κ1) is 17.2. The molecule has 4 aromatic rings. The standard InChI is InChI=1S/C22H20N6O2/c1-30-14-6-7-17-18(11-14)26-21(25-17)20-16-10-13(16)12-27(20)22(29)15-4-2-3-5-19(15)28-23-8-9-24-28/h2-9,11,13,16,20H,10,12H2,1H3,(H,25,26). The molecule has 3 atom stereocenters. The lowest BCUT2D eigenvalue weighted by molar-refractivity contribution is 0.0698. The van der Waals surface area contributed by atoms with Gasteiger partial charge in [0, 0.05) is 12.6 Å². The number of carbonyl (C=O) groups excluding carboxylic acids is 1. The molecule has 0 spiro atoms. The SMILES string of the molecule is COc1ccc2[nH]c(C3C4CC4CN3C(=O)c3ccccc3-n3nccn3)nc2c1. The van der Waals surface area contributed by atoms with Gasteiger partial charge in [-0.15, -0.1) is 0 Å². The molecule has 0 radical (unpaired) electrons. The summed E-state index contributed by atoms with van der Waals surface area (Å²) in [4.78, 5) is 25.3. The second-order valence-corrected chi connectivity index (χ2v) is 7.90. The number of amides is 1. The number of piperidine rings is 1. The molecule has 1 amide bonds. The van der Waals surface area contributed by atoms with Gasteiger partial charge in [0.05, 0.1) is 47.8 Å². The predicted octanol–water partition coefficient (Wildman–Crippen LogP) is 2.99. The highest BCUT2D eigenvalue weighted by atomic mass is 16.5. The van der Waals surface area contributed by atoms with Gasteiger partial charge in [-0.05, 0) is 42.5 Å². The Labute approximate surface area is 172 Å². The quantitative estimate of drug-likeness (QED) is 0.569. The summed E-state index contributed by atoms with van der Waals surface area (Å²) in [5, 5.41) is 8.41. The molecule has 3 unspecified atom stereocenters. The van der Waals surface area contributed by atoms with E-state index in [1.165, 1.54) is 4.80 Å². The van der Waals surface area contributed by atoms with E-state index in [0.717, 1.165) is 35.6 Å². The van der Waals surface area contributed by atoms with Crippen molar-refractivity contribution >= 4 is 16.9 Å². The number of fused-ring (bicyclic) bond motifs is 2. The van der Waals surface area contributed by atoms with Crippen LogP contribution in [0.5, 0.6) is 5.75 Å². The average Bonchev–Trinajstić information content (AvgIpc) is 3.19. The van der Waals surface area contributed by atoms with E-state index >= 15 is 0 Å². The second-order valence-electron chi connectivity index (χ2n) is 7.90. The maximum absolute atomic E-state index is 13.6. The maximum atomic E-state index is 13.6. The van der Waals surface area contributed by atoms with E-state index in [0.29, 0.717) is 23.1 Å². The molecule has 2 aromatic heterocycles. The van der Waals surface area contributed by atoms with Crippen LogP contribution >= 0.6 is 0 Å². The van der Waals surface area contributed by atoms with Crippen LogP contribution in [0.2, 0.25) is 0 Å². The minimum absolute atomic E-state index is 0.0156. The Hall–Kier alpha value is -3.68. The molecular formula is C22H20N6O2. The Kier molecular flexibility index (Phi) is 3.68. The summed E-state index contributed by atoms with van der Waals surface area (Å²) in [5.41, 5.74) is 3.07. The summed E-state index contributed by atoms with van der Waals surface area (Å²) < 4.78 is 5.32. The molecule has 30 heavy (non-hydrogen) atoms. The molecule has 1 saturated heterocycles. The molecule has 3 heterocycles. The van der Waals surface area contributed by atoms with Gasteiger partial charge in [0.2, 0.25) is 0 Å². The number of para-hydroxylation sites is 1. The summed E-state index contributed by atoms with van der Waals surface area (Å²) in [6, 6.07) is 13.2. The fraction of sp³-hybridized carbons (Fsp3) is 0.273. The van der Waals surface area contributed by atoms with Crippen LogP contribution in [0.15, 0.2) is 54.9 Å². The van der Waals surface area contributed by atoms with Crippen molar-refractivity contribution in [1.29, 1.82) is 0 Å². The van der Waals surface area contributed by atoms with Crippen molar-refractivity contribution in [3.05, 3.63) is 66.2 Å². The van der Waals surface area contributed by atoms with Crippen molar-refractivity contribution in [3.8, 4) is 11.4 Å². The third-order valence-corrected chi connectivity index (χ3v) is 6.17. The van der Waals surface area contributed by atoms with E-state index in [4.69, 9.17) is 9.72 Å².